The first-order chi connectivity index (χ1) is 31.4. The monoisotopic (exact) mass is 811 g/mol. The molecule has 0 bridgehead atoms. The number of nitrogens with zero attached hydrogens (tertiary/aromatic N) is 9. The first kappa shape index (κ1) is 38.0. The van der Waals surface area contributed by atoms with Crippen LogP contribution in [0.4, 0.5) is 0 Å². The molecule has 9 nitrogen and oxygen atoms in total. The fraction of sp³-hybridized carbons (Fsp3) is 0. The zero-order valence-corrected chi connectivity index (χ0v) is 33.5. The largest absolute Gasteiger partial charge is 0.308 e. The highest BCUT2D eigenvalue weighted by Gasteiger charge is 2.25. The quantitative estimate of drug-likeness (QED) is 0.166. The average Bonchev–Trinajstić information content (AvgIpc) is 3.87. The van der Waals surface area contributed by atoms with Crippen molar-refractivity contribution in [3.63, 3.8) is 0 Å². The minimum Gasteiger partial charge on any atom is -0.308 e. The van der Waals surface area contributed by atoms with E-state index in [2.05, 4.69) is 51.6 Å². The lowest BCUT2D eigenvalue weighted by Gasteiger charge is -2.21. The van der Waals surface area contributed by atoms with Crippen LogP contribution in [0.15, 0.2) is 152 Å². The van der Waals surface area contributed by atoms with E-state index in [0.717, 1.165) is 54.7 Å². The highest BCUT2D eigenvalue weighted by Crippen LogP contribution is 2.44. The van der Waals surface area contributed by atoms with Gasteiger partial charge in [0.05, 0.1) is 115 Å². The number of para-hydroxylation sites is 2. The fourth-order valence-electron chi connectivity index (χ4n) is 8.94. The van der Waals surface area contributed by atoms with Crippen LogP contribution in [0, 0.1) is 79.3 Å². The van der Waals surface area contributed by atoms with Gasteiger partial charge in [0.1, 0.15) is 0 Å². The van der Waals surface area contributed by atoms with Crippen molar-refractivity contribution < 1.29 is 0 Å². The lowest BCUT2D eigenvalue weighted by molar-refractivity contribution is 1.13. The molecule has 0 atom stereocenters. The first-order valence-electron chi connectivity index (χ1n) is 19.9. The maximum atomic E-state index is 10.9. The predicted molar refractivity (Wildman–Crippen MR) is 244 cm³/mol. The molecule has 10 rings (SSSR count). The summed E-state index contributed by atoms with van der Waals surface area (Å²) in [5, 5.41) is 74.8. The fourth-order valence-corrected chi connectivity index (χ4v) is 8.94. The van der Waals surface area contributed by atoms with E-state index in [1.165, 1.54) is 0 Å². The Labute approximate surface area is 366 Å². The standard InChI is InChI=1S/C55H25N9/c56-26-33-9-13-43(41(18-33)31-61)38-11-15-47-45-5-1-3-7-49(45)63(51(47)24-38)53-22-37(30-60)23-54(55(53)40-20-35(28-58)17-36(21-40)29-59)64-50-8-4-2-6-46(50)48-16-12-39(25-52(48)64)44-14-10-34(27-57)19-42(44)32-62/h1-25H. The van der Waals surface area contributed by atoms with Gasteiger partial charge in [-0.25, -0.2) is 0 Å². The zero-order chi connectivity index (χ0) is 44.1. The van der Waals surface area contributed by atoms with Crippen LogP contribution in [0.5, 0.6) is 0 Å². The van der Waals surface area contributed by atoms with Crippen LogP contribution in [0.3, 0.4) is 0 Å². The molecule has 0 fully saturated rings. The Morgan fingerprint density at radius 3 is 1.12 bits per heavy atom. The second kappa shape index (κ2) is 15.1. The maximum absolute atomic E-state index is 10.9. The van der Waals surface area contributed by atoms with Crippen LogP contribution in [0.2, 0.25) is 0 Å². The Bertz CT molecular complexity index is 3750. The van der Waals surface area contributed by atoms with Crippen molar-refractivity contribution in [2.75, 3.05) is 0 Å². The van der Waals surface area contributed by atoms with Gasteiger partial charge in [-0.3, -0.25) is 0 Å². The molecule has 0 saturated heterocycles. The van der Waals surface area contributed by atoms with Crippen molar-refractivity contribution in [3.05, 3.63) is 191 Å². The Balaban J connectivity index is 1.37. The van der Waals surface area contributed by atoms with Gasteiger partial charge in [-0.05, 0) is 107 Å². The minimum atomic E-state index is 0.277. The Morgan fingerprint density at radius 2 is 0.703 bits per heavy atom. The number of aromatic nitrogens is 2. The van der Waals surface area contributed by atoms with Crippen molar-refractivity contribution in [1.29, 1.82) is 36.8 Å². The summed E-state index contributed by atoms with van der Waals surface area (Å²) < 4.78 is 4.17. The molecule has 0 aliphatic heterocycles. The Morgan fingerprint density at radius 1 is 0.297 bits per heavy atom. The molecular weight excluding hydrogens is 787 g/mol. The van der Waals surface area contributed by atoms with Crippen molar-refractivity contribution in [1.82, 2.24) is 9.13 Å². The van der Waals surface area contributed by atoms with Gasteiger partial charge in [0.2, 0.25) is 0 Å². The van der Waals surface area contributed by atoms with Gasteiger partial charge in [0.25, 0.3) is 0 Å². The zero-order valence-electron chi connectivity index (χ0n) is 33.5. The minimum absolute atomic E-state index is 0.277. The molecule has 0 aliphatic carbocycles. The van der Waals surface area contributed by atoms with Gasteiger partial charge in [0.15, 0.2) is 0 Å². The van der Waals surface area contributed by atoms with Crippen molar-refractivity contribution >= 4 is 43.6 Å². The van der Waals surface area contributed by atoms with E-state index in [1.807, 2.05) is 97.1 Å². The smallest absolute Gasteiger partial charge is 0.0998 e. The van der Waals surface area contributed by atoms with E-state index < -0.39 is 0 Å². The maximum Gasteiger partial charge on any atom is 0.0998 e. The first-order valence-corrected chi connectivity index (χ1v) is 19.9. The molecule has 9 heteroatoms. The van der Waals surface area contributed by atoms with E-state index >= 15 is 0 Å². The lowest BCUT2D eigenvalue weighted by atomic mass is 9.95. The third kappa shape index (κ3) is 5.95. The van der Waals surface area contributed by atoms with Crippen LogP contribution in [-0.2, 0) is 0 Å². The number of rotatable bonds is 5. The molecule has 0 spiro atoms. The highest BCUT2D eigenvalue weighted by molar-refractivity contribution is 6.13. The summed E-state index contributed by atoms with van der Waals surface area (Å²) in [5.74, 6) is 0. The molecular formula is C55H25N9. The molecule has 64 heavy (non-hydrogen) atoms. The highest BCUT2D eigenvalue weighted by atomic mass is 15.0. The summed E-state index contributed by atoms with van der Waals surface area (Å²) in [5.41, 5.74) is 10.7. The van der Waals surface area contributed by atoms with Crippen LogP contribution in [0.25, 0.3) is 88.4 Å². The van der Waals surface area contributed by atoms with Crippen LogP contribution in [0.1, 0.15) is 38.9 Å². The molecule has 0 unspecified atom stereocenters. The third-order valence-corrected chi connectivity index (χ3v) is 11.7. The second-order valence-corrected chi connectivity index (χ2v) is 15.2. The van der Waals surface area contributed by atoms with E-state index in [4.69, 9.17) is 0 Å². The topological polar surface area (TPSA) is 176 Å². The molecule has 8 aromatic carbocycles. The van der Waals surface area contributed by atoms with E-state index in [-0.39, 0.29) is 11.1 Å². The lowest BCUT2D eigenvalue weighted by Crippen LogP contribution is -2.05. The number of nitriles is 7. The van der Waals surface area contributed by atoms with Crippen LogP contribution >= 0.6 is 0 Å². The van der Waals surface area contributed by atoms with Crippen molar-refractivity contribution in [2.24, 2.45) is 0 Å². The van der Waals surface area contributed by atoms with E-state index in [0.29, 0.717) is 61.4 Å². The average molecular weight is 812 g/mol. The Kier molecular flexibility index (Phi) is 8.98. The number of hydrogen-bond acceptors (Lipinski definition) is 7. The summed E-state index contributed by atoms with van der Waals surface area (Å²) in [6.45, 7) is 0. The molecule has 0 amide bonds. The molecule has 0 N–H and O–H groups in total. The molecule has 0 saturated carbocycles. The Hall–Kier alpha value is -10.2. The molecule has 2 heterocycles. The SMILES string of the molecule is N#Cc1cc(C#N)cc(-c2c(-n3c4ccccc4c4ccc(-c5ccc(C#N)cc5C#N)cc43)cc(C#N)cc2-n2c3ccccc3c3ccc(-c4ccc(C#N)cc4C#N)cc32)c1. The van der Waals surface area contributed by atoms with Gasteiger partial charge in [0, 0.05) is 27.1 Å². The summed E-state index contributed by atoms with van der Waals surface area (Å²) in [6, 6.07) is 62.2. The third-order valence-electron chi connectivity index (χ3n) is 11.7. The number of benzene rings is 8. The number of hydrogen-bond donors (Lipinski definition) is 0. The van der Waals surface area contributed by atoms with Gasteiger partial charge in [-0.2, -0.15) is 36.8 Å². The molecule has 0 radical (unpaired) electrons. The van der Waals surface area contributed by atoms with Crippen molar-refractivity contribution in [2.45, 2.75) is 0 Å². The summed E-state index contributed by atoms with van der Waals surface area (Å²) in [4.78, 5) is 0. The summed E-state index contributed by atoms with van der Waals surface area (Å²) >= 11 is 0. The molecule has 2 aromatic heterocycles. The molecule has 0 aliphatic rings. The number of fused-ring (bicyclic) bond motifs is 6. The van der Waals surface area contributed by atoms with E-state index in [9.17, 15) is 36.8 Å². The van der Waals surface area contributed by atoms with Gasteiger partial charge >= 0.3 is 0 Å². The molecule has 10 aromatic rings. The second-order valence-electron chi connectivity index (χ2n) is 15.2. The predicted octanol–water partition coefficient (Wildman–Crippen LogP) is 12.0. The van der Waals surface area contributed by atoms with Crippen LogP contribution in [-0.4, -0.2) is 9.13 Å². The summed E-state index contributed by atoms with van der Waals surface area (Å²) in [6.07, 6.45) is 0. The normalized spacial score (nSPS) is 10.7. The van der Waals surface area contributed by atoms with Gasteiger partial charge < -0.3 is 9.13 Å². The van der Waals surface area contributed by atoms with Gasteiger partial charge in [-0.15, -0.1) is 0 Å². The summed E-state index contributed by atoms with van der Waals surface area (Å²) in [7, 11) is 0. The van der Waals surface area contributed by atoms with Crippen molar-refractivity contribution in [3.8, 4) is 87.2 Å². The van der Waals surface area contributed by atoms with Gasteiger partial charge in [-0.1, -0.05) is 72.8 Å². The van der Waals surface area contributed by atoms with Crippen LogP contribution < -0.4 is 0 Å². The van der Waals surface area contributed by atoms with E-state index in [1.54, 1.807) is 54.6 Å². The molecule has 290 valence electrons.